The van der Waals surface area contributed by atoms with Crippen molar-refractivity contribution < 1.29 is 14.7 Å². The van der Waals surface area contributed by atoms with Crippen molar-refractivity contribution in [3.8, 4) is 0 Å². The lowest BCUT2D eigenvalue weighted by Crippen LogP contribution is -2.43. The van der Waals surface area contributed by atoms with Crippen LogP contribution >= 0.6 is 0 Å². The summed E-state index contributed by atoms with van der Waals surface area (Å²) in [5, 5.41) is 9.57. The minimum Gasteiger partial charge on any atom is -0.479 e. The number of fused-ring (bicyclic) bond motifs is 1. The Morgan fingerprint density at radius 3 is 2.68 bits per heavy atom. The third-order valence-electron chi connectivity index (χ3n) is 3.78. The molecule has 3 rings (SSSR count). The van der Waals surface area contributed by atoms with Crippen LogP contribution in [0, 0.1) is 6.92 Å². The van der Waals surface area contributed by atoms with Crippen LogP contribution in [0.5, 0.6) is 0 Å². The standard InChI is InChI=1S/C16H15N3O3/c1-10-8-18-13(9-17-10)15(20)19-7-6-11-4-2-3-5-12(11)14(19)16(21)22/h2-5,8-9,14H,6-7H2,1H3,(H,21,22). The zero-order valence-electron chi connectivity index (χ0n) is 12.1. The van der Waals surface area contributed by atoms with E-state index < -0.39 is 17.9 Å². The first-order valence-corrected chi connectivity index (χ1v) is 6.98. The number of benzene rings is 1. The van der Waals surface area contributed by atoms with E-state index >= 15 is 0 Å². The molecule has 1 aliphatic heterocycles. The fraction of sp³-hybridized carbons (Fsp3) is 0.250. The van der Waals surface area contributed by atoms with E-state index in [0.717, 1.165) is 5.56 Å². The van der Waals surface area contributed by atoms with Crippen molar-refractivity contribution in [3.63, 3.8) is 0 Å². The van der Waals surface area contributed by atoms with Crippen molar-refractivity contribution in [3.05, 3.63) is 59.2 Å². The zero-order valence-corrected chi connectivity index (χ0v) is 12.1. The Bertz CT molecular complexity index is 728. The summed E-state index contributed by atoms with van der Waals surface area (Å²) in [5.41, 5.74) is 2.50. The molecule has 0 radical (unpaired) electrons. The molecule has 0 fully saturated rings. The van der Waals surface area contributed by atoms with E-state index in [4.69, 9.17) is 0 Å². The zero-order chi connectivity index (χ0) is 15.7. The van der Waals surface area contributed by atoms with Gasteiger partial charge in [0.1, 0.15) is 5.69 Å². The van der Waals surface area contributed by atoms with Crippen LogP contribution < -0.4 is 0 Å². The molecule has 1 atom stereocenters. The van der Waals surface area contributed by atoms with Gasteiger partial charge < -0.3 is 10.0 Å². The topological polar surface area (TPSA) is 83.4 Å². The number of amides is 1. The van der Waals surface area contributed by atoms with Gasteiger partial charge in [0.15, 0.2) is 6.04 Å². The van der Waals surface area contributed by atoms with Gasteiger partial charge >= 0.3 is 5.97 Å². The quantitative estimate of drug-likeness (QED) is 0.910. The van der Waals surface area contributed by atoms with Gasteiger partial charge in [-0.25, -0.2) is 9.78 Å². The molecule has 112 valence electrons. The second-order valence-corrected chi connectivity index (χ2v) is 5.23. The number of carbonyl (C=O) groups is 2. The number of aromatic nitrogens is 2. The average Bonchev–Trinajstić information content (AvgIpc) is 2.53. The molecule has 2 heterocycles. The van der Waals surface area contributed by atoms with Gasteiger partial charge in [0.2, 0.25) is 0 Å². The summed E-state index contributed by atoms with van der Waals surface area (Å²) < 4.78 is 0. The predicted octanol–water partition coefficient (Wildman–Crippen LogP) is 1.61. The molecule has 1 aromatic heterocycles. The van der Waals surface area contributed by atoms with Crippen LogP contribution in [0.4, 0.5) is 0 Å². The van der Waals surface area contributed by atoms with E-state index in [-0.39, 0.29) is 5.69 Å². The molecule has 0 bridgehead atoms. The number of nitrogens with zero attached hydrogens (tertiary/aromatic N) is 3. The summed E-state index contributed by atoms with van der Waals surface area (Å²) in [6, 6.07) is 6.34. The van der Waals surface area contributed by atoms with Crippen molar-refractivity contribution in [1.82, 2.24) is 14.9 Å². The van der Waals surface area contributed by atoms with Gasteiger partial charge in [-0.2, -0.15) is 0 Å². The van der Waals surface area contributed by atoms with E-state index in [2.05, 4.69) is 9.97 Å². The van der Waals surface area contributed by atoms with Gasteiger partial charge in [-0.05, 0) is 24.5 Å². The molecule has 22 heavy (non-hydrogen) atoms. The summed E-state index contributed by atoms with van der Waals surface area (Å²) >= 11 is 0. The van der Waals surface area contributed by atoms with E-state index in [1.165, 1.54) is 17.3 Å². The Kier molecular flexibility index (Phi) is 3.58. The first kappa shape index (κ1) is 14.2. The van der Waals surface area contributed by atoms with Crippen molar-refractivity contribution in [2.75, 3.05) is 6.54 Å². The Hall–Kier alpha value is -2.76. The molecule has 1 N–H and O–H groups in total. The highest BCUT2D eigenvalue weighted by atomic mass is 16.4. The highest BCUT2D eigenvalue weighted by molar-refractivity contribution is 5.95. The van der Waals surface area contributed by atoms with E-state index in [1.807, 2.05) is 12.1 Å². The molecular formula is C16H15N3O3. The molecule has 1 amide bonds. The summed E-state index contributed by atoms with van der Waals surface area (Å²) in [5.74, 6) is -1.45. The maximum Gasteiger partial charge on any atom is 0.331 e. The second kappa shape index (κ2) is 5.55. The van der Waals surface area contributed by atoms with Crippen LogP contribution in [0.15, 0.2) is 36.7 Å². The predicted molar refractivity (Wildman–Crippen MR) is 78.3 cm³/mol. The third kappa shape index (κ3) is 2.43. The highest BCUT2D eigenvalue weighted by Crippen LogP contribution is 2.30. The van der Waals surface area contributed by atoms with Gasteiger partial charge in [-0.3, -0.25) is 9.78 Å². The van der Waals surface area contributed by atoms with Crippen LogP contribution in [-0.2, 0) is 11.2 Å². The Balaban J connectivity index is 1.98. The third-order valence-corrected chi connectivity index (χ3v) is 3.78. The smallest absolute Gasteiger partial charge is 0.331 e. The number of hydrogen-bond donors (Lipinski definition) is 1. The van der Waals surface area contributed by atoms with Crippen LogP contribution in [0.2, 0.25) is 0 Å². The van der Waals surface area contributed by atoms with Crippen LogP contribution in [0.1, 0.15) is 33.4 Å². The summed E-state index contributed by atoms with van der Waals surface area (Å²) in [6.45, 7) is 2.13. The molecule has 0 saturated carbocycles. The first-order chi connectivity index (χ1) is 10.6. The Morgan fingerprint density at radius 2 is 2.00 bits per heavy atom. The molecule has 0 spiro atoms. The van der Waals surface area contributed by atoms with E-state index in [0.29, 0.717) is 24.2 Å². The highest BCUT2D eigenvalue weighted by Gasteiger charge is 2.36. The molecule has 1 aliphatic rings. The van der Waals surface area contributed by atoms with Crippen molar-refractivity contribution in [2.45, 2.75) is 19.4 Å². The van der Waals surface area contributed by atoms with Crippen LogP contribution in [0.25, 0.3) is 0 Å². The number of carboxylic acids is 1. The van der Waals surface area contributed by atoms with Crippen molar-refractivity contribution >= 4 is 11.9 Å². The normalized spacial score (nSPS) is 17.0. The minimum atomic E-state index is -1.04. The van der Waals surface area contributed by atoms with Crippen molar-refractivity contribution in [2.24, 2.45) is 0 Å². The molecule has 2 aromatic rings. The number of rotatable bonds is 2. The fourth-order valence-corrected chi connectivity index (χ4v) is 2.70. The lowest BCUT2D eigenvalue weighted by molar-refractivity contribution is -0.143. The SMILES string of the molecule is Cc1cnc(C(=O)N2CCc3ccccc3C2C(=O)O)cn1. The van der Waals surface area contributed by atoms with Gasteiger partial charge in [0.25, 0.3) is 5.91 Å². The maximum atomic E-state index is 12.6. The summed E-state index contributed by atoms with van der Waals surface area (Å²) in [6.07, 6.45) is 3.52. The molecule has 6 heteroatoms. The average molecular weight is 297 g/mol. The van der Waals surface area contributed by atoms with Gasteiger partial charge in [0, 0.05) is 12.7 Å². The molecular weight excluding hydrogens is 282 g/mol. The lowest BCUT2D eigenvalue weighted by atomic mass is 9.92. The number of hydrogen-bond acceptors (Lipinski definition) is 4. The van der Waals surface area contributed by atoms with E-state index in [9.17, 15) is 14.7 Å². The second-order valence-electron chi connectivity index (χ2n) is 5.23. The van der Waals surface area contributed by atoms with E-state index in [1.54, 1.807) is 19.1 Å². The number of aliphatic carboxylic acids is 1. The summed E-state index contributed by atoms with van der Waals surface area (Å²) in [7, 11) is 0. The number of aryl methyl sites for hydroxylation is 1. The largest absolute Gasteiger partial charge is 0.479 e. The molecule has 0 aliphatic carbocycles. The maximum absolute atomic E-state index is 12.6. The Labute approximate surface area is 127 Å². The lowest BCUT2D eigenvalue weighted by Gasteiger charge is -2.34. The minimum absolute atomic E-state index is 0.163. The van der Waals surface area contributed by atoms with Gasteiger partial charge in [0.05, 0.1) is 11.9 Å². The monoisotopic (exact) mass is 297 g/mol. The number of carboxylic acid groups (broad SMARTS) is 1. The van der Waals surface area contributed by atoms with Crippen LogP contribution in [-0.4, -0.2) is 38.4 Å². The first-order valence-electron chi connectivity index (χ1n) is 6.98. The van der Waals surface area contributed by atoms with Gasteiger partial charge in [-0.1, -0.05) is 24.3 Å². The fourth-order valence-electron chi connectivity index (χ4n) is 2.70. The Morgan fingerprint density at radius 1 is 1.23 bits per heavy atom. The summed E-state index contributed by atoms with van der Waals surface area (Å²) in [4.78, 5) is 33.7. The number of carbonyl (C=O) groups excluding carboxylic acids is 1. The van der Waals surface area contributed by atoms with Gasteiger partial charge in [-0.15, -0.1) is 0 Å². The van der Waals surface area contributed by atoms with Crippen LogP contribution in [0.3, 0.4) is 0 Å². The molecule has 0 saturated heterocycles. The molecule has 6 nitrogen and oxygen atoms in total. The molecule has 1 aromatic carbocycles. The molecule has 1 unspecified atom stereocenters. The van der Waals surface area contributed by atoms with Crippen molar-refractivity contribution in [1.29, 1.82) is 0 Å².